The van der Waals surface area contributed by atoms with Crippen LogP contribution in [0.1, 0.15) is 45.4 Å². The molecule has 0 aromatic rings. The maximum atomic E-state index is 3.68. The summed E-state index contributed by atoms with van der Waals surface area (Å²) < 4.78 is 0. The number of nitrogens with zero attached hydrogens (tertiary/aromatic N) is 1. The summed E-state index contributed by atoms with van der Waals surface area (Å²) >= 11 is 0. The number of hydrogen-bond donors (Lipinski definition) is 1. The third-order valence-electron chi connectivity index (χ3n) is 3.23. The van der Waals surface area contributed by atoms with Crippen LogP contribution in [0.4, 0.5) is 0 Å². The molecular formula is C13H28N2. The van der Waals surface area contributed by atoms with Crippen molar-refractivity contribution in [2.45, 2.75) is 51.5 Å². The minimum absolute atomic E-state index is 0.757. The van der Waals surface area contributed by atoms with Gasteiger partial charge in [-0.1, -0.05) is 19.8 Å². The molecule has 0 spiro atoms. The minimum atomic E-state index is 0.757. The maximum Gasteiger partial charge on any atom is 0.00793 e. The van der Waals surface area contributed by atoms with E-state index < -0.39 is 0 Å². The van der Waals surface area contributed by atoms with Crippen LogP contribution in [-0.2, 0) is 0 Å². The van der Waals surface area contributed by atoms with Gasteiger partial charge in [0.2, 0.25) is 0 Å². The molecule has 1 aliphatic rings. The van der Waals surface area contributed by atoms with Gasteiger partial charge in [-0.25, -0.2) is 0 Å². The molecule has 15 heavy (non-hydrogen) atoms. The van der Waals surface area contributed by atoms with Crippen LogP contribution in [0.3, 0.4) is 0 Å². The third kappa shape index (κ3) is 6.91. The predicted octanol–water partition coefficient (Wildman–Crippen LogP) is 2.50. The maximum absolute atomic E-state index is 3.68. The topological polar surface area (TPSA) is 15.3 Å². The molecule has 0 bridgehead atoms. The molecule has 1 unspecified atom stereocenters. The van der Waals surface area contributed by atoms with Crippen molar-refractivity contribution >= 4 is 0 Å². The van der Waals surface area contributed by atoms with Crippen molar-refractivity contribution in [3.05, 3.63) is 0 Å². The Balaban J connectivity index is 2.10. The van der Waals surface area contributed by atoms with Crippen molar-refractivity contribution in [3.8, 4) is 0 Å². The van der Waals surface area contributed by atoms with E-state index in [1.807, 2.05) is 0 Å². The summed E-state index contributed by atoms with van der Waals surface area (Å²) in [4.78, 5) is 2.29. The van der Waals surface area contributed by atoms with E-state index >= 15 is 0 Å². The molecule has 90 valence electrons. The third-order valence-corrected chi connectivity index (χ3v) is 3.23. The summed E-state index contributed by atoms with van der Waals surface area (Å²) in [5, 5.41) is 3.68. The summed E-state index contributed by atoms with van der Waals surface area (Å²) in [5.74, 6) is 1.08. The lowest BCUT2D eigenvalue weighted by atomic mass is 10.1. The quantitative estimate of drug-likeness (QED) is 0.632. The normalized spacial score (nSPS) is 18.4. The van der Waals surface area contributed by atoms with E-state index in [1.54, 1.807) is 0 Å². The molecule has 0 radical (unpaired) electrons. The Morgan fingerprint density at radius 1 is 1.27 bits per heavy atom. The molecule has 1 atom stereocenters. The predicted molar refractivity (Wildman–Crippen MR) is 67.2 cm³/mol. The van der Waals surface area contributed by atoms with Gasteiger partial charge >= 0.3 is 0 Å². The highest BCUT2D eigenvalue weighted by molar-refractivity contribution is 4.77. The molecule has 0 saturated heterocycles. The lowest BCUT2D eigenvalue weighted by molar-refractivity contribution is 0.343. The van der Waals surface area contributed by atoms with E-state index in [1.165, 1.54) is 51.6 Å². The molecule has 0 amide bonds. The second-order valence-corrected chi connectivity index (χ2v) is 5.26. The molecule has 2 nitrogen and oxygen atoms in total. The highest BCUT2D eigenvalue weighted by atomic mass is 15.1. The van der Waals surface area contributed by atoms with Crippen LogP contribution < -0.4 is 5.32 Å². The molecule has 1 rings (SSSR count). The molecule has 1 saturated carbocycles. The second kappa shape index (κ2) is 7.24. The van der Waals surface area contributed by atoms with Gasteiger partial charge in [0.25, 0.3) is 0 Å². The zero-order valence-electron chi connectivity index (χ0n) is 10.8. The smallest absolute Gasteiger partial charge is 0.00793 e. The van der Waals surface area contributed by atoms with E-state index in [4.69, 9.17) is 0 Å². The number of nitrogens with one attached hydrogen (secondary N) is 1. The van der Waals surface area contributed by atoms with Crippen LogP contribution >= 0.6 is 0 Å². The van der Waals surface area contributed by atoms with Gasteiger partial charge in [-0.3, -0.25) is 0 Å². The van der Waals surface area contributed by atoms with Crippen LogP contribution in [0.5, 0.6) is 0 Å². The van der Waals surface area contributed by atoms with Crippen LogP contribution in [0.25, 0.3) is 0 Å². The summed E-state index contributed by atoms with van der Waals surface area (Å²) in [5.41, 5.74) is 0. The van der Waals surface area contributed by atoms with Crippen LogP contribution in [0.2, 0.25) is 0 Å². The average Bonchev–Trinajstić information content (AvgIpc) is 3.00. The molecular weight excluding hydrogens is 184 g/mol. The monoisotopic (exact) mass is 212 g/mol. The van der Waals surface area contributed by atoms with Gasteiger partial charge < -0.3 is 10.2 Å². The van der Waals surface area contributed by atoms with Gasteiger partial charge in [0, 0.05) is 6.04 Å². The van der Waals surface area contributed by atoms with E-state index in [2.05, 4.69) is 31.2 Å². The fraction of sp³-hybridized carbons (Fsp3) is 1.00. The zero-order valence-corrected chi connectivity index (χ0v) is 10.8. The second-order valence-electron chi connectivity index (χ2n) is 5.26. The molecule has 0 heterocycles. The minimum Gasteiger partial charge on any atom is -0.314 e. The Hall–Kier alpha value is -0.0800. The molecule has 1 N–H and O–H groups in total. The van der Waals surface area contributed by atoms with Crippen LogP contribution in [-0.4, -0.2) is 38.1 Å². The van der Waals surface area contributed by atoms with Gasteiger partial charge in [-0.15, -0.1) is 0 Å². The standard InChI is InChI=1S/C13H28N2/c1-4-10-14-13(9-11-15(2)3)8-7-12-5-6-12/h12-14H,4-11H2,1-3H3. The Bertz CT molecular complexity index is 147. The lowest BCUT2D eigenvalue weighted by Crippen LogP contribution is -2.33. The average molecular weight is 212 g/mol. The first kappa shape index (κ1) is 13.0. The molecule has 0 aromatic carbocycles. The van der Waals surface area contributed by atoms with Crippen LogP contribution in [0, 0.1) is 5.92 Å². The SMILES string of the molecule is CCCNC(CCC1CC1)CCN(C)C. The molecule has 2 heteroatoms. The van der Waals surface area contributed by atoms with Crippen LogP contribution in [0.15, 0.2) is 0 Å². The summed E-state index contributed by atoms with van der Waals surface area (Å²) in [6.45, 7) is 4.64. The highest BCUT2D eigenvalue weighted by Gasteiger charge is 2.22. The van der Waals surface area contributed by atoms with E-state index in [9.17, 15) is 0 Å². The number of hydrogen-bond acceptors (Lipinski definition) is 2. The summed E-state index contributed by atoms with van der Waals surface area (Å²) in [7, 11) is 4.33. The van der Waals surface area contributed by atoms with Crippen molar-refractivity contribution in [2.24, 2.45) is 5.92 Å². The first-order valence-electron chi connectivity index (χ1n) is 6.60. The summed E-state index contributed by atoms with van der Waals surface area (Å²) in [6, 6.07) is 0.757. The highest BCUT2D eigenvalue weighted by Crippen LogP contribution is 2.34. The molecule has 0 aliphatic heterocycles. The van der Waals surface area contributed by atoms with Crippen molar-refractivity contribution in [2.75, 3.05) is 27.2 Å². The van der Waals surface area contributed by atoms with Crippen molar-refractivity contribution in [1.82, 2.24) is 10.2 Å². The Morgan fingerprint density at radius 3 is 2.53 bits per heavy atom. The summed E-state index contributed by atoms with van der Waals surface area (Å²) in [6.07, 6.45) is 8.39. The first-order valence-corrected chi connectivity index (χ1v) is 6.60. The number of rotatable bonds is 9. The van der Waals surface area contributed by atoms with Crippen molar-refractivity contribution in [3.63, 3.8) is 0 Å². The lowest BCUT2D eigenvalue weighted by Gasteiger charge is -2.20. The Morgan fingerprint density at radius 2 is 2.00 bits per heavy atom. The van der Waals surface area contributed by atoms with E-state index in [0.717, 1.165) is 12.0 Å². The van der Waals surface area contributed by atoms with Gasteiger partial charge in [-0.2, -0.15) is 0 Å². The zero-order chi connectivity index (χ0) is 11.1. The Kier molecular flexibility index (Phi) is 6.26. The fourth-order valence-electron chi connectivity index (χ4n) is 1.95. The molecule has 0 aromatic heterocycles. The van der Waals surface area contributed by atoms with Crippen molar-refractivity contribution in [1.29, 1.82) is 0 Å². The molecule has 1 aliphatic carbocycles. The Labute approximate surface area is 95.4 Å². The van der Waals surface area contributed by atoms with Gasteiger partial charge in [0.1, 0.15) is 0 Å². The van der Waals surface area contributed by atoms with Gasteiger partial charge in [0.15, 0.2) is 0 Å². The van der Waals surface area contributed by atoms with Gasteiger partial charge in [-0.05, 0) is 58.8 Å². The first-order chi connectivity index (χ1) is 7.22. The van der Waals surface area contributed by atoms with Crippen molar-refractivity contribution < 1.29 is 0 Å². The largest absolute Gasteiger partial charge is 0.314 e. The molecule has 1 fully saturated rings. The van der Waals surface area contributed by atoms with E-state index in [0.29, 0.717) is 0 Å². The van der Waals surface area contributed by atoms with Gasteiger partial charge in [0.05, 0.1) is 0 Å². The fourth-order valence-corrected chi connectivity index (χ4v) is 1.95. The van der Waals surface area contributed by atoms with E-state index in [-0.39, 0.29) is 0 Å².